The number of nitrogens with two attached hydrogens (primary N) is 1. The number of benzene rings is 1. The number of hydrogen-bond donors (Lipinski definition) is 1. The van der Waals surface area contributed by atoms with E-state index in [1.165, 1.54) is 5.56 Å². The largest absolute Gasteiger partial charge is 0.493 e. The molecule has 1 aliphatic heterocycles. The Hall–Kier alpha value is -2.10. The molecule has 0 radical (unpaired) electrons. The Morgan fingerprint density at radius 1 is 1.32 bits per heavy atom. The zero-order valence-corrected chi connectivity index (χ0v) is 11.2. The van der Waals surface area contributed by atoms with Crippen LogP contribution in [0.4, 0.5) is 5.82 Å². The summed E-state index contributed by atoms with van der Waals surface area (Å²) in [5, 5.41) is 0. The van der Waals surface area contributed by atoms with Gasteiger partial charge >= 0.3 is 0 Å². The second-order valence-corrected chi connectivity index (χ2v) is 4.77. The normalized spacial score (nSPS) is 13.2. The van der Waals surface area contributed by atoms with E-state index in [1.54, 1.807) is 0 Å². The summed E-state index contributed by atoms with van der Waals surface area (Å²) in [6.07, 6.45) is 1.74. The van der Waals surface area contributed by atoms with Crippen molar-refractivity contribution in [3.8, 4) is 17.0 Å². The van der Waals surface area contributed by atoms with E-state index in [4.69, 9.17) is 10.5 Å². The van der Waals surface area contributed by atoms with Gasteiger partial charge in [-0.05, 0) is 30.7 Å². The fraction of sp³-hybridized carbons (Fsp3) is 0.333. The number of aromatic nitrogens is 2. The molecule has 98 valence electrons. The van der Waals surface area contributed by atoms with Crippen molar-refractivity contribution in [3.05, 3.63) is 35.2 Å². The first-order valence-electron chi connectivity index (χ1n) is 6.58. The Kier molecular flexibility index (Phi) is 2.85. The number of nitrogen functional groups attached to an aromatic ring is 1. The second kappa shape index (κ2) is 4.53. The van der Waals surface area contributed by atoms with Crippen molar-refractivity contribution in [2.24, 2.45) is 0 Å². The van der Waals surface area contributed by atoms with Crippen molar-refractivity contribution in [2.75, 3.05) is 12.3 Å². The molecule has 4 nitrogen and oxygen atoms in total. The molecule has 0 bridgehead atoms. The lowest BCUT2D eigenvalue weighted by Gasteiger charge is -2.10. The zero-order valence-electron chi connectivity index (χ0n) is 11.2. The Labute approximate surface area is 112 Å². The molecule has 19 heavy (non-hydrogen) atoms. The van der Waals surface area contributed by atoms with E-state index in [0.717, 1.165) is 47.8 Å². The topological polar surface area (TPSA) is 61.0 Å². The number of rotatable bonds is 2. The molecule has 0 spiro atoms. The molecule has 1 aliphatic rings. The summed E-state index contributed by atoms with van der Waals surface area (Å²) < 4.78 is 5.53. The molecule has 0 fully saturated rings. The highest BCUT2D eigenvalue weighted by Crippen LogP contribution is 2.31. The minimum absolute atomic E-state index is 0.568. The number of fused-ring (bicyclic) bond motifs is 1. The minimum atomic E-state index is 0.568. The van der Waals surface area contributed by atoms with E-state index in [2.05, 4.69) is 16.0 Å². The number of aryl methyl sites for hydroxylation is 1. The highest BCUT2D eigenvalue weighted by atomic mass is 16.5. The maximum Gasteiger partial charge on any atom is 0.131 e. The van der Waals surface area contributed by atoms with Crippen LogP contribution < -0.4 is 10.5 Å². The fourth-order valence-electron chi connectivity index (χ4n) is 2.36. The lowest BCUT2D eigenvalue weighted by Crippen LogP contribution is -2.04. The van der Waals surface area contributed by atoms with Crippen molar-refractivity contribution in [2.45, 2.75) is 26.7 Å². The van der Waals surface area contributed by atoms with Gasteiger partial charge in [0.1, 0.15) is 17.4 Å². The van der Waals surface area contributed by atoms with Gasteiger partial charge in [-0.2, -0.15) is 0 Å². The summed E-state index contributed by atoms with van der Waals surface area (Å²) in [7, 11) is 0. The van der Waals surface area contributed by atoms with Crippen LogP contribution in [0.1, 0.15) is 23.9 Å². The van der Waals surface area contributed by atoms with E-state index in [1.807, 2.05) is 26.0 Å². The first-order valence-corrected chi connectivity index (χ1v) is 6.58. The highest BCUT2D eigenvalue weighted by Gasteiger charge is 2.15. The molecule has 0 aliphatic carbocycles. The van der Waals surface area contributed by atoms with Crippen molar-refractivity contribution in [1.82, 2.24) is 9.97 Å². The Bertz CT molecular complexity index is 638. The van der Waals surface area contributed by atoms with Crippen LogP contribution in [0.15, 0.2) is 18.2 Å². The smallest absolute Gasteiger partial charge is 0.131 e. The molecular formula is C15H17N3O. The molecule has 1 aromatic carbocycles. The number of anilines is 1. The van der Waals surface area contributed by atoms with Crippen molar-refractivity contribution < 1.29 is 4.74 Å². The number of nitrogens with zero attached hydrogens (tertiary/aromatic N) is 2. The average molecular weight is 255 g/mol. The minimum Gasteiger partial charge on any atom is -0.493 e. The van der Waals surface area contributed by atoms with E-state index in [0.29, 0.717) is 5.82 Å². The van der Waals surface area contributed by atoms with Crippen LogP contribution in [0.25, 0.3) is 11.3 Å². The molecule has 2 aromatic rings. The monoisotopic (exact) mass is 255 g/mol. The summed E-state index contributed by atoms with van der Waals surface area (Å²) >= 11 is 0. The van der Waals surface area contributed by atoms with Gasteiger partial charge in [-0.15, -0.1) is 0 Å². The van der Waals surface area contributed by atoms with Gasteiger partial charge in [-0.1, -0.05) is 6.92 Å². The maximum absolute atomic E-state index is 5.97. The van der Waals surface area contributed by atoms with Gasteiger partial charge in [0, 0.05) is 24.0 Å². The third-order valence-electron chi connectivity index (χ3n) is 3.51. The van der Waals surface area contributed by atoms with Crippen LogP contribution in [0.3, 0.4) is 0 Å². The van der Waals surface area contributed by atoms with E-state index in [-0.39, 0.29) is 0 Å². The van der Waals surface area contributed by atoms with Gasteiger partial charge in [0.05, 0.1) is 12.3 Å². The first-order chi connectivity index (χ1) is 9.19. The summed E-state index contributed by atoms with van der Waals surface area (Å²) in [4.78, 5) is 8.91. The van der Waals surface area contributed by atoms with Crippen LogP contribution in [0.5, 0.6) is 5.75 Å². The SMILES string of the molecule is CCc1nc(N)c(C)c(-c2ccc3c(c2)CCO3)n1. The van der Waals surface area contributed by atoms with Gasteiger partial charge in [-0.25, -0.2) is 9.97 Å². The van der Waals surface area contributed by atoms with E-state index in [9.17, 15) is 0 Å². The zero-order chi connectivity index (χ0) is 13.4. The quantitative estimate of drug-likeness (QED) is 0.895. The molecule has 2 heterocycles. The third kappa shape index (κ3) is 2.03. The van der Waals surface area contributed by atoms with Gasteiger partial charge in [0.25, 0.3) is 0 Å². The standard InChI is InChI=1S/C15H17N3O/c1-3-13-17-14(9(2)15(16)18-13)11-4-5-12-10(8-11)6-7-19-12/h4-5,8H,3,6-7H2,1-2H3,(H2,16,17,18). The molecular weight excluding hydrogens is 238 g/mol. The lowest BCUT2D eigenvalue weighted by molar-refractivity contribution is 0.357. The van der Waals surface area contributed by atoms with E-state index < -0.39 is 0 Å². The molecule has 2 N–H and O–H groups in total. The molecule has 0 saturated heterocycles. The van der Waals surface area contributed by atoms with Gasteiger partial charge < -0.3 is 10.5 Å². The summed E-state index contributed by atoms with van der Waals surface area (Å²) in [6.45, 7) is 4.77. The lowest BCUT2D eigenvalue weighted by atomic mass is 10.0. The molecule has 0 amide bonds. The van der Waals surface area contributed by atoms with Crippen LogP contribution >= 0.6 is 0 Å². The number of ether oxygens (including phenoxy) is 1. The number of hydrogen-bond acceptors (Lipinski definition) is 4. The highest BCUT2D eigenvalue weighted by molar-refractivity contribution is 5.69. The van der Waals surface area contributed by atoms with E-state index >= 15 is 0 Å². The first kappa shape index (κ1) is 12.0. The summed E-state index contributed by atoms with van der Waals surface area (Å²) in [6, 6.07) is 6.20. The second-order valence-electron chi connectivity index (χ2n) is 4.77. The van der Waals surface area contributed by atoms with Crippen LogP contribution in [-0.2, 0) is 12.8 Å². The molecule has 4 heteroatoms. The Morgan fingerprint density at radius 2 is 2.16 bits per heavy atom. The Balaban J connectivity index is 2.13. The molecule has 1 aromatic heterocycles. The summed E-state index contributed by atoms with van der Waals surface area (Å²) in [5.41, 5.74) is 10.2. The third-order valence-corrected chi connectivity index (χ3v) is 3.51. The van der Waals surface area contributed by atoms with Crippen molar-refractivity contribution in [1.29, 1.82) is 0 Å². The van der Waals surface area contributed by atoms with Crippen LogP contribution in [0, 0.1) is 6.92 Å². The Morgan fingerprint density at radius 3 is 2.95 bits per heavy atom. The van der Waals surface area contributed by atoms with Gasteiger partial charge in [0.2, 0.25) is 0 Å². The van der Waals surface area contributed by atoms with Crippen LogP contribution in [-0.4, -0.2) is 16.6 Å². The molecule has 0 saturated carbocycles. The molecule has 3 rings (SSSR count). The molecule has 0 unspecified atom stereocenters. The van der Waals surface area contributed by atoms with Crippen molar-refractivity contribution in [3.63, 3.8) is 0 Å². The van der Waals surface area contributed by atoms with Crippen molar-refractivity contribution >= 4 is 5.82 Å². The molecule has 0 atom stereocenters. The average Bonchev–Trinajstić information content (AvgIpc) is 2.88. The van der Waals surface area contributed by atoms with Gasteiger partial charge in [0.15, 0.2) is 0 Å². The fourth-order valence-corrected chi connectivity index (χ4v) is 2.36. The maximum atomic E-state index is 5.97. The predicted octanol–water partition coefficient (Wildman–Crippen LogP) is 2.53. The van der Waals surface area contributed by atoms with Crippen LogP contribution in [0.2, 0.25) is 0 Å². The predicted molar refractivity (Wildman–Crippen MR) is 75.2 cm³/mol. The van der Waals surface area contributed by atoms with Gasteiger partial charge in [-0.3, -0.25) is 0 Å². The summed E-state index contributed by atoms with van der Waals surface area (Å²) in [5.74, 6) is 2.34.